The molecule has 1 fully saturated rings. The van der Waals surface area contributed by atoms with E-state index in [-0.39, 0.29) is 5.60 Å². The second kappa shape index (κ2) is 5.16. The molecule has 0 aliphatic heterocycles. The SMILES string of the molecule is CNc1cc(-c2noc(COC3(C)CCC3)n2)ncn1. The monoisotopic (exact) mass is 275 g/mol. The van der Waals surface area contributed by atoms with Crippen molar-refractivity contribution >= 4 is 5.82 Å². The molecule has 1 N–H and O–H groups in total. The van der Waals surface area contributed by atoms with Gasteiger partial charge >= 0.3 is 0 Å². The maximum absolute atomic E-state index is 5.80. The topological polar surface area (TPSA) is 86.0 Å². The van der Waals surface area contributed by atoms with E-state index in [1.165, 1.54) is 12.7 Å². The first-order valence-corrected chi connectivity index (χ1v) is 6.65. The summed E-state index contributed by atoms with van der Waals surface area (Å²) in [4.78, 5) is 12.5. The summed E-state index contributed by atoms with van der Waals surface area (Å²) >= 11 is 0. The molecule has 0 aromatic carbocycles. The van der Waals surface area contributed by atoms with E-state index < -0.39 is 0 Å². The van der Waals surface area contributed by atoms with Crippen LogP contribution < -0.4 is 5.32 Å². The highest BCUT2D eigenvalue weighted by molar-refractivity contribution is 5.53. The van der Waals surface area contributed by atoms with Crippen molar-refractivity contribution in [2.45, 2.75) is 38.4 Å². The first-order chi connectivity index (χ1) is 9.68. The van der Waals surface area contributed by atoms with Gasteiger partial charge in [0, 0.05) is 13.1 Å². The molecular formula is C13H17N5O2. The van der Waals surface area contributed by atoms with Crippen LogP contribution in [0, 0.1) is 0 Å². The van der Waals surface area contributed by atoms with E-state index in [0.717, 1.165) is 12.8 Å². The number of anilines is 1. The minimum Gasteiger partial charge on any atom is -0.373 e. The zero-order valence-corrected chi connectivity index (χ0v) is 11.6. The van der Waals surface area contributed by atoms with Crippen molar-refractivity contribution in [1.82, 2.24) is 20.1 Å². The van der Waals surface area contributed by atoms with Crippen LogP contribution in [0.2, 0.25) is 0 Å². The van der Waals surface area contributed by atoms with Gasteiger partial charge in [-0.3, -0.25) is 0 Å². The standard InChI is InChI=1S/C13H17N5O2/c1-13(4-3-5-13)19-7-11-17-12(18-20-11)9-6-10(14-2)16-8-15-9/h6,8H,3-5,7H2,1-2H3,(H,14,15,16). The summed E-state index contributed by atoms with van der Waals surface area (Å²) in [6.07, 6.45) is 4.86. The Hall–Kier alpha value is -2.02. The first-order valence-electron chi connectivity index (χ1n) is 6.65. The van der Waals surface area contributed by atoms with Gasteiger partial charge in [-0.25, -0.2) is 9.97 Å². The molecule has 0 spiro atoms. The summed E-state index contributed by atoms with van der Waals surface area (Å²) in [5.74, 6) is 1.62. The minimum absolute atomic E-state index is 0.0249. The Kier molecular flexibility index (Phi) is 3.35. The number of nitrogens with one attached hydrogen (secondary N) is 1. The van der Waals surface area contributed by atoms with Gasteiger partial charge in [-0.05, 0) is 26.2 Å². The van der Waals surface area contributed by atoms with Crippen LogP contribution in [0.3, 0.4) is 0 Å². The van der Waals surface area contributed by atoms with Gasteiger partial charge < -0.3 is 14.6 Å². The third-order valence-corrected chi connectivity index (χ3v) is 3.58. The molecule has 0 radical (unpaired) electrons. The Morgan fingerprint density at radius 2 is 2.25 bits per heavy atom. The number of rotatable bonds is 5. The number of aromatic nitrogens is 4. The average Bonchev–Trinajstić information content (AvgIpc) is 2.92. The van der Waals surface area contributed by atoms with Crippen LogP contribution in [0.5, 0.6) is 0 Å². The lowest BCUT2D eigenvalue weighted by molar-refractivity contribution is -0.102. The molecule has 106 valence electrons. The Bertz CT molecular complexity index is 594. The van der Waals surface area contributed by atoms with E-state index in [9.17, 15) is 0 Å². The van der Waals surface area contributed by atoms with Crippen molar-refractivity contribution < 1.29 is 9.26 Å². The Labute approximate surface area is 116 Å². The fraction of sp³-hybridized carbons (Fsp3) is 0.538. The van der Waals surface area contributed by atoms with Gasteiger partial charge in [-0.2, -0.15) is 4.98 Å². The molecule has 1 aliphatic rings. The summed E-state index contributed by atoms with van der Waals surface area (Å²) < 4.78 is 11.0. The van der Waals surface area contributed by atoms with Gasteiger partial charge in [-0.1, -0.05) is 5.16 Å². The Morgan fingerprint density at radius 1 is 1.40 bits per heavy atom. The summed E-state index contributed by atoms with van der Waals surface area (Å²) in [5, 5.41) is 6.86. The minimum atomic E-state index is -0.0249. The van der Waals surface area contributed by atoms with E-state index in [1.807, 2.05) is 0 Å². The van der Waals surface area contributed by atoms with Crippen molar-refractivity contribution in [2.24, 2.45) is 0 Å². The van der Waals surface area contributed by atoms with Crippen LogP contribution in [-0.4, -0.2) is 32.8 Å². The van der Waals surface area contributed by atoms with E-state index in [4.69, 9.17) is 9.26 Å². The zero-order chi connectivity index (χ0) is 14.0. The van der Waals surface area contributed by atoms with E-state index >= 15 is 0 Å². The predicted molar refractivity (Wildman–Crippen MR) is 71.9 cm³/mol. The lowest BCUT2D eigenvalue weighted by Gasteiger charge is -2.37. The predicted octanol–water partition coefficient (Wildman–Crippen LogP) is 2.03. The third-order valence-electron chi connectivity index (χ3n) is 3.58. The maximum Gasteiger partial charge on any atom is 0.253 e. The fourth-order valence-corrected chi connectivity index (χ4v) is 2.09. The van der Waals surface area contributed by atoms with Gasteiger partial charge in [0.15, 0.2) is 0 Å². The zero-order valence-electron chi connectivity index (χ0n) is 11.6. The van der Waals surface area contributed by atoms with Crippen molar-refractivity contribution in [3.63, 3.8) is 0 Å². The van der Waals surface area contributed by atoms with Gasteiger partial charge in [0.1, 0.15) is 24.4 Å². The highest BCUT2D eigenvalue weighted by Crippen LogP contribution is 2.35. The lowest BCUT2D eigenvalue weighted by atomic mass is 9.82. The average molecular weight is 275 g/mol. The van der Waals surface area contributed by atoms with Crippen molar-refractivity contribution in [2.75, 3.05) is 12.4 Å². The second-order valence-corrected chi connectivity index (χ2v) is 5.14. The molecule has 20 heavy (non-hydrogen) atoms. The van der Waals surface area contributed by atoms with Crippen LogP contribution in [0.1, 0.15) is 32.1 Å². The van der Waals surface area contributed by atoms with E-state index in [2.05, 4.69) is 32.3 Å². The van der Waals surface area contributed by atoms with Crippen molar-refractivity contribution in [3.8, 4) is 11.5 Å². The number of hydrogen-bond acceptors (Lipinski definition) is 7. The molecule has 0 bridgehead atoms. The second-order valence-electron chi connectivity index (χ2n) is 5.14. The van der Waals surface area contributed by atoms with E-state index in [1.54, 1.807) is 13.1 Å². The molecule has 2 heterocycles. The molecule has 0 unspecified atom stereocenters. The van der Waals surface area contributed by atoms with Crippen LogP contribution >= 0.6 is 0 Å². The maximum atomic E-state index is 5.80. The molecule has 2 aromatic rings. The van der Waals surface area contributed by atoms with Crippen LogP contribution in [0.4, 0.5) is 5.82 Å². The first kappa shape index (κ1) is 13.0. The highest BCUT2D eigenvalue weighted by atomic mass is 16.5. The van der Waals surface area contributed by atoms with Crippen molar-refractivity contribution in [3.05, 3.63) is 18.3 Å². The van der Waals surface area contributed by atoms with Crippen LogP contribution in [0.15, 0.2) is 16.9 Å². The highest BCUT2D eigenvalue weighted by Gasteiger charge is 2.33. The number of ether oxygens (including phenoxy) is 1. The Morgan fingerprint density at radius 3 is 2.95 bits per heavy atom. The normalized spacial score (nSPS) is 16.7. The van der Waals surface area contributed by atoms with Crippen molar-refractivity contribution in [1.29, 1.82) is 0 Å². The summed E-state index contributed by atoms with van der Waals surface area (Å²) in [5.41, 5.74) is 0.595. The third kappa shape index (κ3) is 2.62. The molecule has 1 aliphatic carbocycles. The molecule has 7 nitrogen and oxygen atoms in total. The lowest BCUT2D eigenvalue weighted by Crippen LogP contribution is -2.36. The largest absolute Gasteiger partial charge is 0.373 e. The molecular weight excluding hydrogens is 258 g/mol. The molecule has 0 saturated heterocycles. The quantitative estimate of drug-likeness (QED) is 0.893. The van der Waals surface area contributed by atoms with Crippen LogP contribution in [-0.2, 0) is 11.3 Å². The molecule has 3 rings (SSSR count). The van der Waals surface area contributed by atoms with Gasteiger partial charge in [0.05, 0.1) is 5.60 Å². The Balaban J connectivity index is 1.69. The van der Waals surface area contributed by atoms with Crippen LogP contribution in [0.25, 0.3) is 11.5 Å². The molecule has 0 atom stereocenters. The molecule has 7 heteroatoms. The molecule has 1 saturated carbocycles. The van der Waals surface area contributed by atoms with Gasteiger partial charge in [-0.15, -0.1) is 0 Å². The number of hydrogen-bond donors (Lipinski definition) is 1. The number of nitrogens with zero attached hydrogens (tertiary/aromatic N) is 4. The van der Waals surface area contributed by atoms with Gasteiger partial charge in [0.25, 0.3) is 5.89 Å². The van der Waals surface area contributed by atoms with Gasteiger partial charge in [0.2, 0.25) is 5.82 Å². The molecule has 0 amide bonds. The fourth-order valence-electron chi connectivity index (χ4n) is 2.09. The smallest absolute Gasteiger partial charge is 0.253 e. The summed E-state index contributed by atoms with van der Waals surface area (Å²) in [6.45, 7) is 2.45. The summed E-state index contributed by atoms with van der Waals surface area (Å²) in [6, 6.07) is 1.77. The van der Waals surface area contributed by atoms with E-state index in [0.29, 0.717) is 29.8 Å². The summed E-state index contributed by atoms with van der Waals surface area (Å²) in [7, 11) is 1.79. The molecule has 2 aromatic heterocycles.